The second kappa shape index (κ2) is 9.72. The zero-order valence-electron chi connectivity index (χ0n) is 17.2. The lowest BCUT2D eigenvalue weighted by Gasteiger charge is -2.09. The van der Waals surface area contributed by atoms with E-state index in [-0.39, 0.29) is 11.8 Å². The molecule has 2 aromatic heterocycles. The van der Waals surface area contributed by atoms with Crippen LogP contribution in [-0.4, -0.2) is 44.7 Å². The Morgan fingerprint density at radius 3 is 1.79 bits per heavy atom. The lowest BCUT2D eigenvalue weighted by atomic mass is 10.2. The monoisotopic (exact) mass is 385 g/mol. The molecule has 150 valence electrons. The highest BCUT2D eigenvalue weighted by Crippen LogP contribution is 2.04. The quantitative estimate of drug-likeness (QED) is 0.420. The van der Waals surface area contributed by atoms with Crippen molar-refractivity contribution in [2.24, 2.45) is 22.0 Å². The molecule has 9 heteroatoms. The Morgan fingerprint density at radius 1 is 0.857 bits per heavy atom. The van der Waals surface area contributed by atoms with Crippen molar-refractivity contribution in [2.45, 2.75) is 41.5 Å². The van der Waals surface area contributed by atoms with Crippen molar-refractivity contribution < 1.29 is 9.68 Å². The predicted octanol–water partition coefficient (Wildman–Crippen LogP) is 2.21. The van der Waals surface area contributed by atoms with Gasteiger partial charge in [-0.15, -0.1) is 0 Å². The van der Waals surface area contributed by atoms with E-state index in [9.17, 15) is 0 Å². The molecule has 0 fully saturated rings. The van der Waals surface area contributed by atoms with Crippen molar-refractivity contribution in [3.8, 4) is 0 Å². The molecular formula is C19H27N7O2. The summed E-state index contributed by atoms with van der Waals surface area (Å²) in [7, 11) is 0. The summed E-state index contributed by atoms with van der Waals surface area (Å²) in [4.78, 5) is 27.9. The van der Waals surface area contributed by atoms with Crippen LogP contribution < -0.4 is 5.73 Å². The molecule has 0 radical (unpaired) electrons. The molecule has 1 unspecified atom stereocenters. The summed E-state index contributed by atoms with van der Waals surface area (Å²) in [5, 5.41) is 7.97. The number of oxime groups is 2. The Labute approximate surface area is 165 Å². The van der Waals surface area contributed by atoms with Crippen molar-refractivity contribution >= 4 is 11.5 Å². The molecule has 0 spiro atoms. The third kappa shape index (κ3) is 6.57. The van der Waals surface area contributed by atoms with Crippen LogP contribution in [0.5, 0.6) is 0 Å². The van der Waals surface area contributed by atoms with Gasteiger partial charge in [0, 0.05) is 28.7 Å². The van der Waals surface area contributed by atoms with Crippen molar-refractivity contribution in [1.82, 2.24) is 19.9 Å². The lowest BCUT2D eigenvalue weighted by molar-refractivity contribution is 0.0511. The number of hydrogen-bond acceptors (Lipinski definition) is 8. The van der Waals surface area contributed by atoms with E-state index in [0.29, 0.717) is 30.6 Å². The van der Waals surface area contributed by atoms with Crippen LogP contribution in [0, 0.1) is 33.6 Å². The van der Waals surface area contributed by atoms with Crippen LogP contribution in [-0.2, 0) is 9.68 Å². The molecule has 2 rings (SSSR count). The molecule has 0 aliphatic carbocycles. The van der Waals surface area contributed by atoms with Gasteiger partial charge in [0.2, 0.25) is 5.84 Å². The maximum atomic E-state index is 5.88. The van der Waals surface area contributed by atoms with Crippen LogP contribution in [0.2, 0.25) is 0 Å². The Balaban J connectivity index is 1.83. The van der Waals surface area contributed by atoms with Crippen LogP contribution in [0.25, 0.3) is 0 Å². The molecule has 2 heterocycles. The topological polar surface area (TPSA) is 121 Å². The molecule has 0 bridgehead atoms. The highest BCUT2D eigenvalue weighted by Gasteiger charge is 2.08. The van der Waals surface area contributed by atoms with E-state index in [4.69, 9.17) is 15.4 Å². The zero-order chi connectivity index (χ0) is 20.7. The molecule has 28 heavy (non-hydrogen) atoms. The van der Waals surface area contributed by atoms with Crippen LogP contribution in [0.3, 0.4) is 0 Å². The van der Waals surface area contributed by atoms with Gasteiger partial charge in [0.05, 0.1) is 0 Å². The van der Waals surface area contributed by atoms with E-state index in [0.717, 1.165) is 22.8 Å². The fourth-order valence-electron chi connectivity index (χ4n) is 2.35. The van der Waals surface area contributed by atoms with Crippen LogP contribution in [0.1, 0.15) is 48.3 Å². The fourth-order valence-corrected chi connectivity index (χ4v) is 2.35. The Bertz CT molecular complexity index is 769. The highest BCUT2D eigenvalue weighted by atomic mass is 16.6. The molecule has 1 atom stereocenters. The number of aromatic nitrogens is 4. The molecule has 0 aliphatic rings. The summed E-state index contributed by atoms with van der Waals surface area (Å²) in [6.07, 6.45) is 0. The second-order valence-electron chi connectivity index (χ2n) is 6.80. The number of amidine groups is 1. The molecule has 0 amide bonds. The summed E-state index contributed by atoms with van der Waals surface area (Å²) in [6, 6.07) is 3.77. The summed E-state index contributed by atoms with van der Waals surface area (Å²) in [5.41, 5.74) is 9.93. The van der Waals surface area contributed by atoms with Crippen molar-refractivity contribution in [3.63, 3.8) is 0 Å². The molecular weight excluding hydrogens is 358 g/mol. The first-order valence-corrected chi connectivity index (χ1v) is 9.02. The minimum atomic E-state index is 0.0495. The minimum absolute atomic E-state index is 0.0495. The Hall–Kier alpha value is -3.10. The van der Waals surface area contributed by atoms with Gasteiger partial charge < -0.3 is 15.4 Å². The molecule has 2 aromatic rings. The van der Waals surface area contributed by atoms with E-state index in [1.165, 1.54) is 0 Å². The van der Waals surface area contributed by atoms with E-state index in [1.807, 2.05) is 53.7 Å². The standard InChI is InChI=1S/C19H27N7O2/c1-11(9-27-25-16(6)18-21-12(2)7-13(3)22-18)10-28-26-17(20)19-23-14(4)8-15(5)24-19/h7-8,11H,9-10H2,1-6H3,(H2,20,26)/b25-16+. The van der Waals surface area contributed by atoms with E-state index >= 15 is 0 Å². The molecule has 0 aliphatic heterocycles. The minimum Gasteiger partial charge on any atom is -0.395 e. The van der Waals surface area contributed by atoms with Gasteiger partial charge in [0.1, 0.15) is 18.9 Å². The number of rotatable bonds is 8. The van der Waals surface area contributed by atoms with Gasteiger partial charge in [-0.05, 0) is 46.8 Å². The van der Waals surface area contributed by atoms with Crippen molar-refractivity contribution in [1.29, 1.82) is 0 Å². The maximum Gasteiger partial charge on any atom is 0.208 e. The van der Waals surface area contributed by atoms with Gasteiger partial charge in [-0.25, -0.2) is 19.9 Å². The van der Waals surface area contributed by atoms with E-state index in [1.54, 1.807) is 0 Å². The number of hydrogen-bond donors (Lipinski definition) is 1. The van der Waals surface area contributed by atoms with Gasteiger partial charge in [-0.2, -0.15) is 0 Å². The largest absolute Gasteiger partial charge is 0.395 e. The van der Waals surface area contributed by atoms with E-state index in [2.05, 4.69) is 30.2 Å². The van der Waals surface area contributed by atoms with Crippen LogP contribution >= 0.6 is 0 Å². The van der Waals surface area contributed by atoms with Crippen molar-refractivity contribution in [2.75, 3.05) is 13.2 Å². The number of nitrogens with zero attached hydrogens (tertiary/aromatic N) is 6. The SMILES string of the molecule is C/C(=N\OCC(C)CO/N=C(\N)c1nc(C)cc(C)n1)c1nc(C)cc(C)n1. The molecule has 0 saturated heterocycles. The summed E-state index contributed by atoms with van der Waals surface area (Å²) in [6.45, 7) is 12.0. The molecule has 9 nitrogen and oxygen atoms in total. The smallest absolute Gasteiger partial charge is 0.208 e. The van der Waals surface area contributed by atoms with Gasteiger partial charge in [-0.1, -0.05) is 17.2 Å². The Morgan fingerprint density at radius 2 is 1.29 bits per heavy atom. The van der Waals surface area contributed by atoms with Gasteiger partial charge in [-0.3, -0.25) is 0 Å². The lowest BCUT2D eigenvalue weighted by Crippen LogP contribution is -2.19. The van der Waals surface area contributed by atoms with Gasteiger partial charge in [0.25, 0.3) is 0 Å². The maximum absolute atomic E-state index is 5.88. The number of aryl methyl sites for hydroxylation is 4. The number of nitrogens with two attached hydrogens (primary N) is 1. The van der Waals surface area contributed by atoms with Gasteiger partial charge >= 0.3 is 0 Å². The molecule has 2 N–H and O–H groups in total. The summed E-state index contributed by atoms with van der Waals surface area (Å²) >= 11 is 0. The van der Waals surface area contributed by atoms with E-state index < -0.39 is 0 Å². The zero-order valence-corrected chi connectivity index (χ0v) is 17.2. The molecule has 0 saturated carbocycles. The average Bonchev–Trinajstić information content (AvgIpc) is 2.59. The van der Waals surface area contributed by atoms with Crippen molar-refractivity contribution in [3.05, 3.63) is 46.6 Å². The second-order valence-corrected chi connectivity index (χ2v) is 6.80. The third-order valence-corrected chi connectivity index (χ3v) is 3.60. The normalized spacial score (nSPS) is 13.4. The summed E-state index contributed by atoms with van der Waals surface area (Å²) < 4.78 is 0. The first kappa shape index (κ1) is 21.2. The summed E-state index contributed by atoms with van der Waals surface area (Å²) in [5.74, 6) is 1.11. The first-order chi connectivity index (χ1) is 13.2. The van der Waals surface area contributed by atoms with Crippen LogP contribution in [0.15, 0.2) is 22.4 Å². The third-order valence-electron chi connectivity index (χ3n) is 3.60. The van der Waals surface area contributed by atoms with Crippen LogP contribution in [0.4, 0.5) is 0 Å². The highest BCUT2D eigenvalue weighted by molar-refractivity contribution is 5.94. The molecule has 0 aromatic carbocycles. The fraction of sp³-hybridized carbons (Fsp3) is 0.474. The predicted molar refractivity (Wildman–Crippen MR) is 107 cm³/mol. The Kier molecular flexibility index (Phi) is 7.36. The average molecular weight is 385 g/mol. The van der Waals surface area contributed by atoms with Gasteiger partial charge in [0.15, 0.2) is 11.6 Å². The first-order valence-electron chi connectivity index (χ1n) is 9.02.